The number of nitrogens with zero attached hydrogens (tertiary/aromatic N) is 1. The first kappa shape index (κ1) is 21.7. The van der Waals surface area contributed by atoms with Gasteiger partial charge in [0.25, 0.3) is 5.91 Å². The second-order valence-electron chi connectivity index (χ2n) is 6.47. The molecule has 160 valence electrons. The molecule has 0 aliphatic heterocycles. The van der Waals surface area contributed by atoms with Gasteiger partial charge in [0.15, 0.2) is 18.1 Å². The number of amides is 1. The smallest absolute Gasteiger partial charge is 0.265 e. The number of nitrogens with one attached hydrogen (secondary N) is 1. The van der Waals surface area contributed by atoms with Crippen molar-refractivity contribution in [1.82, 2.24) is 0 Å². The minimum absolute atomic E-state index is 0.212. The van der Waals surface area contributed by atoms with Gasteiger partial charge in [0.05, 0.1) is 20.4 Å². The first-order valence-corrected chi connectivity index (χ1v) is 9.62. The van der Waals surface area contributed by atoms with E-state index in [2.05, 4.69) is 10.5 Å². The summed E-state index contributed by atoms with van der Waals surface area (Å²) < 4.78 is 16.1. The Labute approximate surface area is 181 Å². The quantitative estimate of drug-likeness (QED) is 0.391. The van der Waals surface area contributed by atoms with Gasteiger partial charge in [-0.25, -0.2) is 0 Å². The topological polar surface area (TPSA) is 78.4 Å². The summed E-state index contributed by atoms with van der Waals surface area (Å²) in [5, 5.41) is 6.56. The average Bonchev–Trinajstić information content (AvgIpc) is 2.82. The molecule has 0 heterocycles. The Morgan fingerprint density at radius 3 is 2.39 bits per heavy atom. The normalized spacial score (nSPS) is 10.5. The van der Waals surface area contributed by atoms with Gasteiger partial charge in [0.2, 0.25) is 0 Å². The zero-order valence-corrected chi connectivity index (χ0v) is 17.4. The summed E-state index contributed by atoms with van der Waals surface area (Å²) in [5.74, 6) is 1.61. The molecule has 0 bridgehead atoms. The van der Waals surface area contributed by atoms with Gasteiger partial charge < -0.3 is 24.4 Å². The highest BCUT2D eigenvalue weighted by Gasteiger charge is 2.05. The molecule has 0 saturated carbocycles. The van der Waals surface area contributed by atoms with Crippen LogP contribution in [0.1, 0.15) is 11.1 Å². The predicted molar refractivity (Wildman–Crippen MR) is 119 cm³/mol. The zero-order chi connectivity index (χ0) is 21.9. The van der Waals surface area contributed by atoms with E-state index in [0.717, 1.165) is 16.9 Å². The Hall–Kier alpha value is -4.00. The highest BCUT2D eigenvalue weighted by Crippen LogP contribution is 2.26. The number of benzene rings is 3. The van der Waals surface area contributed by atoms with E-state index in [1.54, 1.807) is 56.7 Å². The molecule has 0 unspecified atom stereocenters. The zero-order valence-electron chi connectivity index (χ0n) is 17.4. The lowest BCUT2D eigenvalue weighted by molar-refractivity contribution is -0.120. The largest absolute Gasteiger partial charge is 0.493 e. The van der Waals surface area contributed by atoms with Gasteiger partial charge in [-0.1, -0.05) is 35.5 Å². The van der Waals surface area contributed by atoms with E-state index in [1.165, 1.54) is 6.21 Å². The van der Waals surface area contributed by atoms with Crippen LogP contribution < -0.4 is 19.5 Å². The van der Waals surface area contributed by atoms with Crippen molar-refractivity contribution in [1.29, 1.82) is 0 Å². The Bertz CT molecular complexity index is 1000. The molecular formula is C24H24N2O5. The highest BCUT2D eigenvalue weighted by atomic mass is 16.6. The van der Waals surface area contributed by atoms with Gasteiger partial charge in [-0.3, -0.25) is 4.79 Å². The summed E-state index contributed by atoms with van der Waals surface area (Å²) in [5.41, 5.74) is 2.49. The van der Waals surface area contributed by atoms with Crippen LogP contribution in [0.4, 0.5) is 5.69 Å². The predicted octanol–water partition coefficient (Wildman–Crippen LogP) is 4.27. The molecule has 1 amide bonds. The molecule has 0 spiro atoms. The van der Waals surface area contributed by atoms with Gasteiger partial charge in [0, 0.05) is 11.3 Å². The first-order valence-electron chi connectivity index (χ1n) is 9.62. The number of hydrogen-bond acceptors (Lipinski definition) is 6. The number of carbonyl (C=O) groups excluding carboxylic acids is 1. The maximum atomic E-state index is 12.0. The Balaban J connectivity index is 1.42. The van der Waals surface area contributed by atoms with Gasteiger partial charge in [-0.15, -0.1) is 0 Å². The first-order chi connectivity index (χ1) is 15.2. The van der Waals surface area contributed by atoms with Crippen LogP contribution in [0.15, 0.2) is 78.0 Å². The summed E-state index contributed by atoms with van der Waals surface area (Å²) >= 11 is 0. The summed E-state index contributed by atoms with van der Waals surface area (Å²) in [6, 6.07) is 22.4. The summed E-state index contributed by atoms with van der Waals surface area (Å²) in [7, 11) is 3.13. The fourth-order valence-corrected chi connectivity index (χ4v) is 2.70. The van der Waals surface area contributed by atoms with E-state index in [-0.39, 0.29) is 12.5 Å². The van der Waals surface area contributed by atoms with Crippen LogP contribution in [0.25, 0.3) is 0 Å². The van der Waals surface area contributed by atoms with Gasteiger partial charge in [-0.2, -0.15) is 0 Å². The molecule has 7 heteroatoms. The van der Waals surface area contributed by atoms with E-state index in [9.17, 15) is 4.79 Å². The van der Waals surface area contributed by atoms with E-state index in [4.69, 9.17) is 19.0 Å². The third-order valence-corrected chi connectivity index (χ3v) is 4.27. The Kier molecular flexibility index (Phi) is 7.88. The molecule has 0 saturated heterocycles. The molecule has 1 N–H and O–H groups in total. The number of carbonyl (C=O) groups is 1. The molecule has 0 aliphatic carbocycles. The van der Waals surface area contributed by atoms with E-state index >= 15 is 0 Å². The molecule has 3 aromatic rings. The summed E-state index contributed by atoms with van der Waals surface area (Å²) in [6.07, 6.45) is 1.49. The molecule has 0 aliphatic rings. The molecule has 31 heavy (non-hydrogen) atoms. The monoisotopic (exact) mass is 420 g/mol. The molecule has 0 atom stereocenters. The number of methoxy groups -OCH3 is 2. The Morgan fingerprint density at radius 1 is 0.935 bits per heavy atom. The number of rotatable bonds is 10. The lowest BCUT2D eigenvalue weighted by Gasteiger charge is -2.08. The summed E-state index contributed by atoms with van der Waals surface area (Å²) in [4.78, 5) is 17.1. The average molecular weight is 420 g/mol. The molecule has 3 aromatic carbocycles. The number of ether oxygens (including phenoxy) is 3. The minimum atomic E-state index is -0.317. The molecule has 7 nitrogen and oxygen atoms in total. The lowest BCUT2D eigenvalue weighted by atomic mass is 10.2. The van der Waals surface area contributed by atoms with Crippen molar-refractivity contribution in [3.63, 3.8) is 0 Å². The molecule has 0 fully saturated rings. The third-order valence-electron chi connectivity index (χ3n) is 4.27. The molecular weight excluding hydrogens is 396 g/mol. The van der Waals surface area contributed by atoms with E-state index in [1.807, 2.05) is 30.3 Å². The fraction of sp³-hybridized carbons (Fsp3) is 0.167. The van der Waals surface area contributed by atoms with Crippen molar-refractivity contribution in [2.75, 3.05) is 26.1 Å². The van der Waals surface area contributed by atoms with Crippen LogP contribution >= 0.6 is 0 Å². The fourth-order valence-electron chi connectivity index (χ4n) is 2.70. The number of hydrogen-bond donors (Lipinski definition) is 1. The second kappa shape index (κ2) is 11.3. The van der Waals surface area contributed by atoms with Crippen molar-refractivity contribution in [3.8, 4) is 17.2 Å². The van der Waals surface area contributed by atoms with Crippen LogP contribution in [-0.4, -0.2) is 32.9 Å². The number of oxime groups is 1. The van der Waals surface area contributed by atoms with Crippen LogP contribution in [-0.2, 0) is 16.2 Å². The van der Waals surface area contributed by atoms with E-state index in [0.29, 0.717) is 23.8 Å². The standard InChI is InChI=1S/C24H24N2O5/c1-28-22-13-8-19(14-23(22)29-2)15-25-31-17-24(27)26-20-9-11-21(12-10-20)30-16-18-6-4-3-5-7-18/h3-15H,16-17H2,1-2H3,(H,26,27)/b25-15+. The van der Waals surface area contributed by atoms with Gasteiger partial charge in [-0.05, 0) is 48.0 Å². The van der Waals surface area contributed by atoms with Crippen LogP contribution in [0, 0.1) is 0 Å². The van der Waals surface area contributed by atoms with Crippen molar-refractivity contribution < 1.29 is 23.8 Å². The summed E-state index contributed by atoms with van der Waals surface area (Å²) in [6.45, 7) is 0.272. The van der Waals surface area contributed by atoms with Crippen LogP contribution in [0.3, 0.4) is 0 Å². The molecule has 3 rings (SSSR count). The van der Waals surface area contributed by atoms with Crippen LogP contribution in [0.2, 0.25) is 0 Å². The maximum absolute atomic E-state index is 12.0. The van der Waals surface area contributed by atoms with Crippen molar-refractivity contribution >= 4 is 17.8 Å². The van der Waals surface area contributed by atoms with Crippen molar-refractivity contribution in [2.24, 2.45) is 5.16 Å². The van der Waals surface area contributed by atoms with Gasteiger partial charge in [0.1, 0.15) is 12.4 Å². The number of anilines is 1. The van der Waals surface area contributed by atoms with Gasteiger partial charge >= 0.3 is 0 Å². The third kappa shape index (κ3) is 6.78. The molecule has 0 aromatic heterocycles. The lowest BCUT2D eigenvalue weighted by Crippen LogP contribution is -2.16. The molecule has 0 radical (unpaired) electrons. The highest BCUT2D eigenvalue weighted by molar-refractivity contribution is 5.91. The van der Waals surface area contributed by atoms with Crippen molar-refractivity contribution in [3.05, 3.63) is 83.9 Å². The maximum Gasteiger partial charge on any atom is 0.265 e. The van der Waals surface area contributed by atoms with E-state index < -0.39 is 0 Å². The van der Waals surface area contributed by atoms with Crippen molar-refractivity contribution in [2.45, 2.75) is 6.61 Å². The minimum Gasteiger partial charge on any atom is -0.493 e. The second-order valence-corrected chi connectivity index (χ2v) is 6.47. The Morgan fingerprint density at radius 2 is 1.68 bits per heavy atom. The van der Waals surface area contributed by atoms with Crippen LogP contribution in [0.5, 0.6) is 17.2 Å². The SMILES string of the molecule is COc1ccc(/C=N/OCC(=O)Nc2ccc(OCc3ccccc3)cc2)cc1OC.